The molecule has 3 aromatic rings. The molecule has 0 fully saturated rings. The first-order valence-electron chi connectivity index (χ1n) is 11.8. The number of hydrogen-bond acceptors (Lipinski definition) is 7. The Morgan fingerprint density at radius 1 is 1.16 bits per heavy atom. The average molecular weight is 533 g/mol. The smallest absolute Gasteiger partial charge is 0.416 e. The fourth-order valence-corrected chi connectivity index (χ4v) is 4.60. The molecule has 2 aromatic carbocycles. The predicted octanol–water partition coefficient (Wildman–Crippen LogP) is 5.63. The fraction of sp³-hybridized carbons (Fsp3) is 0.346. The number of fused-ring (bicyclic) bond motifs is 1. The van der Waals surface area contributed by atoms with Gasteiger partial charge in [0.05, 0.1) is 43.4 Å². The van der Waals surface area contributed by atoms with Gasteiger partial charge in [-0.15, -0.1) is 0 Å². The van der Waals surface area contributed by atoms with Gasteiger partial charge in [-0.2, -0.15) is 13.2 Å². The Kier molecular flexibility index (Phi) is 7.51. The molecule has 9 nitrogen and oxygen atoms in total. The van der Waals surface area contributed by atoms with Gasteiger partial charge in [0, 0.05) is 18.5 Å². The van der Waals surface area contributed by atoms with Gasteiger partial charge in [-0.25, -0.2) is 14.8 Å². The highest BCUT2D eigenvalue weighted by atomic mass is 19.4. The molecule has 0 saturated carbocycles. The van der Waals surface area contributed by atoms with Gasteiger partial charge in [0.2, 0.25) is 5.95 Å². The number of alkyl halides is 3. The largest absolute Gasteiger partial charge is 0.504 e. The lowest BCUT2D eigenvalue weighted by molar-refractivity contribution is -0.137. The van der Waals surface area contributed by atoms with E-state index in [2.05, 4.69) is 15.3 Å². The normalized spacial score (nSPS) is 17.1. The van der Waals surface area contributed by atoms with Gasteiger partial charge < -0.3 is 25.0 Å². The van der Waals surface area contributed by atoms with E-state index in [1.54, 1.807) is 18.2 Å². The third-order valence-electron chi connectivity index (χ3n) is 6.47. The van der Waals surface area contributed by atoms with E-state index in [1.807, 2.05) is 6.92 Å². The summed E-state index contributed by atoms with van der Waals surface area (Å²) in [4.78, 5) is 21.6. The number of hydrogen-bond donors (Lipinski definition) is 3. The molecule has 1 amide bonds. The summed E-state index contributed by atoms with van der Waals surface area (Å²) in [5, 5.41) is 23.3. The van der Waals surface area contributed by atoms with Gasteiger partial charge in [-0.05, 0) is 54.3 Å². The second-order valence-corrected chi connectivity index (χ2v) is 8.84. The predicted molar refractivity (Wildman–Crippen MR) is 133 cm³/mol. The minimum atomic E-state index is -4.60. The van der Waals surface area contributed by atoms with Crippen LogP contribution in [0.2, 0.25) is 0 Å². The van der Waals surface area contributed by atoms with Crippen LogP contribution in [0.25, 0.3) is 0 Å². The molecule has 0 spiro atoms. The molecule has 3 N–H and O–H groups in total. The summed E-state index contributed by atoms with van der Waals surface area (Å²) >= 11 is 0. The van der Waals surface area contributed by atoms with Crippen LogP contribution in [-0.2, 0) is 12.6 Å². The number of carbonyl (C=O) groups is 1. The van der Waals surface area contributed by atoms with Crippen molar-refractivity contribution >= 4 is 17.7 Å². The SMILES string of the molecule is CC[C@@H]1C[C@H](Nc2ncc(O)c(Cc3cc(OC)cc(OC)c3)n2)c2cc(C(F)(F)F)ccc2N1C(=O)O. The Labute approximate surface area is 216 Å². The zero-order valence-electron chi connectivity index (χ0n) is 20.9. The van der Waals surface area contributed by atoms with Crippen LogP contribution in [0.1, 0.15) is 48.2 Å². The molecular formula is C26H27F3N4O5. The quantitative estimate of drug-likeness (QED) is 0.359. The Morgan fingerprint density at radius 3 is 2.42 bits per heavy atom. The molecule has 202 valence electrons. The summed E-state index contributed by atoms with van der Waals surface area (Å²) < 4.78 is 51.1. The number of halogens is 3. The number of nitrogens with zero attached hydrogens (tertiary/aromatic N) is 3. The first-order valence-corrected chi connectivity index (χ1v) is 11.8. The van der Waals surface area contributed by atoms with Crippen LogP contribution < -0.4 is 19.7 Å². The number of methoxy groups -OCH3 is 2. The Morgan fingerprint density at radius 2 is 1.84 bits per heavy atom. The number of aromatic nitrogens is 2. The van der Waals surface area contributed by atoms with Gasteiger partial charge in [-0.1, -0.05) is 6.92 Å². The molecule has 1 aliphatic rings. The van der Waals surface area contributed by atoms with Crippen molar-refractivity contribution in [3.8, 4) is 17.2 Å². The number of aromatic hydroxyl groups is 1. The maximum absolute atomic E-state index is 13.5. The van der Waals surface area contributed by atoms with Crippen LogP contribution >= 0.6 is 0 Å². The monoisotopic (exact) mass is 532 g/mol. The second-order valence-electron chi connectivity index (χ2n) is 8.84. The first kappa shape index (κ1) is 26.8. The fourth-order valence-electron chi connectivity index (χ4n) is 4.60. The highest BCUT2D eigenvalue weighted by molar-refractivity contribution is 5.89. The molecule has 0 unspecified atom stereocenters. The summed E-state index contributed by atoms with van der Waals surface area (Å²) in [7, 11) is 3.04. The molecule has 0 aliphatic carbocycles. The molecule has 1 aromatic heterocycles. The highest BCUT2D eigenvalue weighted by Crippen LogP contribution is 2.42. The Bertz CT molecular complexity index is 1310. The first-order chi connectivity index (χ1) is 18.0. The molecule has 2 heterocycles. The van der Waals surface area contributed by atoms with Gasteiger partial charge in [0.25, 0.3) is 0 Å². The lowest BCUT2D eigenvalue weighted by Crippen LogP contribution is -2.45. The number of anilines is 2. The van der Waals surface area contributed by atoms with E-state index in [1.165, 1.54) is 26.5 Å². The summed E-state index contributed by atoms with van der Waals surface area (Å²) in [6, 6.07) is 7.06. The molecule has 0 radical (unpaired) electrons. The third kappa shape index (κ3) is 5.53. The van der Waals surface area contributed by atoms with Crippen molar-refractivity contribution in [2.24, 2.45) is 0 Å². The van der Waals surface area contributed by atoms with Crippen LogP contribution in [0.5, 0.6) is 17.2 Å². The molecule has 2 atom stereocenters. The maximum atomic E-state index is 13.5. The van der Waals surface area contributed by atoms with Crippen LogP contribution in [0.4, 0.5) is 29.6 Å². The summed E-state index contributed by atoms with van der Waals surface area (Å²) in [6.07, 6.45) is -3.80. The van der Waals surface area contributed by atoms with Gasteiger partial charge >= 0.3 is 12.3 Å². The van der Waals surface area contributed by atoms with Crippen molar-refractivity contribution in [1.82, 2.24) is 9.97 Å². The topological polar surface area (TPSA) is 117 Å². The lowest BCUT2D eigenvalue weighted by atomic mass is 9.89. The van der Waals surface area contributed by atoms with Crippen LogP contribution in [0, 0.1) is 0 Å². The molecule has 0 bridgehead atoms. The minimum Gasteiger partial charge on any atom is -0.504 e. The van der Waals surface area contributed by atoms with Crippen LogP contribution in [0.15, 0.2) is 42.6 Å². The van der Waals surface area contributed by atoms with Crippen LogP contribution in [0.3, 0.4) is 0 Å². The standard InChI is InChI=1S/C26H27F3N4O5/c1-4-16-11-20(19-10-15(26(27,28)29)5-6-22(19)33(16)25(35)36)31-24-30-13-23(34)21(32-24)9-14-7-17(37-2)12-18(8-14)38-3/h5-8,10,12-13,16,20,34H,4,9,11H2,1-3H3,(H,35,36)(H,30,31,32)/t16-,20+/m1/s1. The molecule has 0 saturated heterocycles. The van der Waals surface area contributed by atoms with E-state index in [0.29, 0.717) is 17.9 Å². The molecule has 12 heteroatoms. The van der Waals surface area contributed by atoms with E-state index < -0.39 is 29.9 Å². The average Bonchev–Trinajstić information content (AvgIpc) is 2.88. The van der Waals surface area contributed by atoms with Crippen molar-refractivity contribution in [3.63, 3.8) is 0 Å². The molecule has 1 aliphatic heterocycles. The number of benzene rings is 2. The highest BCUT2D eigenvalue weighted by Gasteiger charge is 2.38. The Hall–Kier alpha value is -4.22. The second kappa shape index (κ2) is 10.6. The molecule has 38 heavy (non-hydrogen) atoms. The zero-order valence-corrected chi connectivity index (χ0v) is 20.9. The summed E-state index contributed by atoms with van der Waals surface area (Å²) in [6.45, 7) is 1.81. The third-order valence-corrected chi connectivity index (χ3v) is 6.47. The maximum Gasteiger partial charge on any atom is 0.416 e. The van der Waals surface area contributed by atoms with Gasteiger partial charge in [0.15, 0.2) is 5.75 Å². The number of ether oxygens (including phenoxy) is 2. The minimum absolute atomic E-state index is 0.0830. The van der Waals surface area contributed by atoms with Crippen molar-refractivity contribution < 1.29 is 37.7 Å². The van der Waals surface area contributed by atoms with E-state index in [9.17, 15) is 28.2 Å². The van der Waals surface area contributed by atoms with Crippen molar-refractivity contribution in [2.75, 3.05) is 24.4 Å². The van der Waals surface area contributed by atoms with E-state index in [0.717, 1.165) is 22.6 Å². The van der Waals surface area contributed by atoms with Crippen molar-refractivity contribution in [2.45, 2.75) is 44.4 Å². The van der Waals surface area contributed by atoms with Gasteiger partial charge in [0.1, 0.15) is 11.5 Å². The van der Waals surface area contributed by atoms with Crippen molar-refractivity contribution in [3.05, 3.63) is 65.0 Å². The summed E-state index contributed by atoms with van der Waals surface area (Å²) in [5.74, 6) is 1.03. The van der Waals surface area contributed by atoms with E-state index >= 15 is 0 Å². The van der Waals surface area contributed by atoms with E-state index in [4.69, 9.17) is 9.47 Å². The number of rotatable bonds is 7. The zero-order chi connectivity index (χ0) is 27.6. The number of carboxylic acid groups (broad SMARTS) is 1. The Balaban J connectivity index is 1.70. The summed E-state index contributed by atoms with van der Waals surface area (Å²) in [5.41, 5.74) is 0.466. The van der Waals surface area contributed by atoms with Crippen LogP contribution in [-0.4, -0.2) is 46.5 Å². The molecule has 4 rings (SSSR count). The number of amides is 1. The van der Waals surface area contributed by atoms with Crippen molar-refractivity contribution in [1.29, 1.82) is 0 Å². The van der Waals surface area contributed by atoms with Gasteiger partial charge in [-0.3, -0.25) is 4.90 Å². The molecular weight excluding hydrogens is 505 g/mol. The van der Waals surface area contributed by atoms with E-state index in [-0.39, 0.29) is 41.5 Å². The lowest BCUT2D eigenvalue weighted by Gasteiger charge is -2.39. The number of nitrogens with one attached hydrogen (secondary N) is 1.